The van der Waals surface area contributed by atoms with Crippen LogP contribution in [-0.4, -0.2) is 17.4 Å². The minimum atomic E-state index is 0.00280. The lowest BCUT2D eigenvalue weighted by Gasteiger charge is -2.23. The Morgan fingerprint density at radius 2 is 2.16 bits per heavy atom. The zero-order valence-corrected chi connectivity index (χ0v) is 13.4. The van der Waals surface area contributed by atoms with E-state index in [9.17, 15) is 4.79 Å². The van der Waals surface area contributed by atoms with Gasteiger partial charge in [0, 0.05) is 17.1 Å². The van der Waals surface area contributed by atoms with Crippen molar-refractivity contribution in [2.75, 3.05) is 11.9 Å². The van der Waals surface area contributed by atoms with E-state index in [-0.39, 0.29) is 11.3 Å². The molecule has 0 atom stereocenters. The minimum Gasteiger partial charge on any atom is -0.330 e. The van der Waals surface area contributed by atoms with Crippen molar-refractivity contribution in [1.82, 2.24) is 4.98 Å². The first kappa shape index (κ1) is 16.1. The number of carbonyl (C=O) groups excluding carboxylic acids is 1. The number of aromatic nitrogens is 1. The van der Waals surface area contributed by atoms with Gasteiger partial charge >= 0.3 is 0 Å². The van der Waals surface area contributed by atoms with Gasteiger partial charge in [-0.2, -0.15) is 0 Å². The Morgan fingerprint density at radius 1 is 1.47 bits per heavy atom. The molecule has 1 aromatic heterocycles. The third-order valence-electron chi connectivity index (χ3n) is 3.15. The van der Waals surface area contributed by atoms with Crippen LogP contribution >= 0.6 is 15.9 Å². The van der Waals surface area contributed by atoms with Crippen LogP contribution in [0.2, 0.25) is 0 Å². The van der Waals surface area contributed by atoms with Crippen molar-refractivity contribution in [3.05, 3.63) is 22.3 Å². The average Bonchev–Trinajstić information content (AvgIpc) is 2.30. The summed E-state index contributed by atoms with van der Waals surface area (Å²) < 4.78 is 0.909. The lowest BCUT2D eigenvalue weighted by molar-refractivity contribution is -0.116. The second kappa shape index (κ2) is 7.01. The quantitative estimate of drug-likeness (QED) is 0.842. The number of pyridine rings is 1. The molecule has 0 unspecified atom stereocenters. The zero-order chi connectivity index (χ0) is 14.5. The van der Waals surface area contributed by atoms with Crippen LogP contribution in [0.3, 0.4) is 0 Å². The molecule has 19 heavy (non-hydrogen) atoms. The van der Waals surface area contributed by atoms with Crippen LogP contribution in [0.25, 0.3) is 0 Å². The van der Waals surface area contributed by atoms with E-state index in [4.69, 9.17) is 5.73 Å². The van der Waals surface area contributed by atoms with Crippen LogP contribution in [-0.2, 0) is 4.79 Å². The van der Waals surface area contributed by atoms with Crippen molar-refractivity contribution >= 4 is 27.7 Å². The predicted octanol–water partition coefficient (Wildman–Crippen LogP) is 3.25. The van der Waals surface area contributed by atoms with Crippen molar-refractivity contribution in [2.45, 2.75) is 40.0 Å². The van der Waals surface area contributed by atoms with E-state index in [2.05, 4.69) is 40.1 Å². The molecule has 0 saturated heterocycles. The summed E-state index contributed by atoms with van der Waals surface area (Å²) in [4.78, 5) is 16.1. The maximum Gasteiger partial charge on any atom is 0.225 e. The highest BCUT2D eigenvalue weighted by atomic mass is 79.9. The number of rotatable bonds is 6. The van der Waals surface area contributed by atoms with Crippen LogP contribution in [0.4, 0.5) is 5.82 Å². The molecule has 0 aromatic carbocycles. The van der Waals surface area contributed by atoms with Crippen molar-refractivity contribution < 1.29 is 4.79 Å². The third-order valence-corrected chi connectivity index (χ3v) is 3.59. The summed E-state index contributed by atoms with van der Waals surface area (Å²) in [5, 5.41) is 2.85. The first-order chi connectivity index (χ1) is 8.84. The first-order valence-corrected chi connectivity index (χ1v) is 7.25. The van der Waals surface area contributed by atoms with Crippen LogP contribution in [0.15, 0.2) is 16.7 Å². The third kappa shape index (κ3) is 5.70. The highest BCUT2D eigenvalue weighted by Gasteiger charge is 2.18. The lowest BCUT2D eigenvalue weighted by atomic mass is 9.84. The molecule has 106 valence electrons. The fourth-order valence-corrected chi connectivity index (χ4v) is 2.28. The van der Waals surface area contributed by atoms with Gasteiger partial charge in [0.25, 0.3) is 0 Å². The topological polar surface area (TPSA) is 68.0 Å². The Labute approximate surface area is 123 Å². The van der Waals surface area contributed by atoms with Gasteiger partial charge in [0.1, 0.15) is 5.82 Å². The summed E-state index contributed by atoms with van der Waals surface area (Å²) in [6, 6.07) is 1.93. The molecule has 0 aliphatic carbocycles. The van der Waals surface area contributed by atoms with Crippen LogP contribution in [0.5, 0.6) is 0 Å². The van der Waals surface area contributed by atoms with Gasteiger partial charge in [-0.3, -0.25) is 4.79 Å². The van der Waals surface area contributed by atoms with Gasteiger partial charge in [0.15, 0.2) is 0 Å². The second-order valence-electron chi connectivity index (χ2n) is 5.57. The first-order valence-electron chi connectivity index (χ1n) is 6.46. The number of hydrogen-bond acceptors (Lipinski definition) is 3. The summed E-state index contributed by atoms with van der Waals surface area (Å²) in [7, 11) is 0. The number of nitrogens with two attached hydrogens (primary N) is 1. The number of amides is 1. The van der Waals surface area contributed by atoms with Gasteiger partial charge in [-0.25, -0.2) is 4.98 Å². The molecule has 3 N–H and O–H groups in total. The number of anilines is 1. The summed E-state index contributed by atoms with van der Waals surface area (Å²) in [5.74, 6) is 0.632. The molecule has 1 rings (SSSR count). The number of nitrogens with one attached hydrogen (secondary N) is 1. The Balaban J connectivity index is 2.52. The maximum absolute atomic E-state index is 11.9. The maximum atomic E-state index is 11.9. The molecular formula is C14H22BrN3O. The minimum absolute atomic E-state index is 0.00280. The SMILES string of the molecule is Cc1cc(Br)cnc1NC(=O)CCC(C)(C)CCN. The molecule has 0 aliphatic rings. The Hall–Kier alpha value is -0.940. The second-order valence-corrected chi connectivity index (χ2v) is 6.49. The highest BCUT2D eigenvalue weighted by Crippen LogP contribution is 2.26. The van der Waals surface area contributed by atoms with E-state index in [1.165, 1.54) is 0 Å². The molecule has 5 heteroatoms. The normalized spacial score (nSPS) is 11.4. The number of hydrogen-bond donors (Lipinski definition) is 2. The van der Waals surface area contributed by atoms with Crippen molar-refractivity contribution in [2.24, 2.45) is 11.1 Å². The van der Waals surface area contributed by atoms with E-state index < -0.39 is 0 Å². The average molecular weight is 328 g/mol. The summed E-state index contributed by atoms with van der Waals surface area (Å²) in [5.41, 5.74) is 6.62. The number of aryl methyl sites for hydroxylation is 1. The highest BCUT2D eigenvalue weighted by molar-refractivity contribution is 9.10. The van der Waals surface area contributed by atoms with Gasteiger partial charge < -0.3 is 11.1 Å². The predicted molar refractivity (Wildman–Crippen MR) is 82.0 cm³/mol. The molecule has 1 amide bonds. The smallest absolute Gasteiger partial charge is 0.225 e. The lowest BCUT2D eigenvalue weighted by Crippen LogP contribution is -2.21. The van der Waals surface area contributed by atoms with Crippen LogP contribution in [0, 0.1) is 12.3 Å². The van der Waals surface area contributed by atoms with Gasteiger partial charge in [-0.15, -0.1) is 0 Å². The Bertz CT molecular complexity index is 446. The monoisotopic (exact) mass is 327 g/mol. The molecule has 4 nitrogen and oxygen atoms in total. The molecule has 0 saturated carbocycles. The molecule has 1 heterocycles. The molecule has 0 aliphatic heterocycles. The summed E-state index contributed by atoms with van der Waals surface area (Å²) >= 11 is 3.35. The Kier molecular flexibility index (Phi) is 5.94. The number of nitrogens with zero attached hydrogens (tertiary/aromatic N) is 1. The fraction of sp³-hybridized carbons (Fsp3) is 0.571. The van der Waals surface area contributed by atoms with Crippen molar-refractivity contribution in [1.29, 1.82) is 0 Å². The molecule has 0 spiro atoms. The Morgan fingerprint density at radius 3 is 2.74 bits per heavy atom. The molecule has 1 aromatic rings. The van der Waals surface area contributed by atoms with Gasteiger partial charge in [-0.1, -0.05) is 13.8 Å². The van der Waals surface area contributed by atoms with E-state index in [0.29, 0.717) is 18.8 Å². The van der Waals surface area contributed by atoms with Crippen LogP contribution < -0.4 is 11.1 Å². The summed E-state index contributed by atoms with van der Waals surface area (Å²) in [6.45, 7) is 6.85. The van der Waals surface area contributed by atoms with E-state index in [0.717, 1.165) is 22.9 Å². The summed E-state index contributed by atoms with van der Waals surface area (Å²) in [6.07, 6.45) is 3.92. The molecule has 0 fully saturated rings. The van der Waals surface area contributed by atoms with Gasteiger partial charge in [0.2, 0.25) is 5.91 Å². The van der Waals surface area contributed by atoms with E-state index in [1.54, 1.807) is 6.20 Å². The molecule has 0 radical (unpaired) electrons. The molecular weight excluding hydrogens is 306 g/mol. The standard InChI is InChI=1S/C14H22BrN3O/c1-10-8-11(15)9-17-13(10)18-12(19)4-5-14(2,3)6-7-16/h8-9H,4-7,16H2,1-3H3,(H,17,18,19). The van der Waals surface area contributed by atoms with E-state index in [1.807, 2.05) is 13.0 Å². The van der Waals surface area contributed by atoms with Crippen molar-refractivity contribution in [3.8, 4) is 0 Å². The van der Waals surface area contributed by atoms with Gasteiger partial charge in [-0.05, 0) is 59.3 Å². The zero-order valence-electron chi connectivity index (χ0n) is 11.8. The fourth-order valence-electron chi connectivity index (χ4n) is 1.83. The number of carbonyl (C=O) groups is 1. The largest absolute Gasteiger partial charge is 0.330 e. The number of halogens is 1. The van der Waals surface area contributed by atoms with Crippen LogP contribution in [0.1, 0.15) is 38.7 Å². The van der Waals surface area contributed by atoms with Crippen molar-refractivity contribution in [3.63, 3.8) is 0 Å². The van der Waals surface area contributed by atoms with Gasteiger partial charge in [0.05, 0.1) is 0 Å². The molecule has 0 bridgehead atoms. The van der Waals surface area contributed by atoms with E-state index >= 15 is 0 Å².